The average molecular weight is 424 g/mol. The molecule has 144 valence electrons. The molecule has 27 heavy (non-hydrogen) atoms. The molecule has 0 aliphatic carbocycles. The number of amides is 1. The minimum Gasteiger partial charge on any atom is -0.494 e. The van der Waals surface area contributed by atoms with E-state index in [0.717, 1.165) is 27.4 Å². The Balaban J connectivity index is 0.00000261. The van der Waals surface area contributed by atoms with Crippen molar-refractivity contribution in [3.05, 3.63) is 46.7 Å². The molecule has 0 aliphatic rings. The van der Waals surface area contributed by atoms with Crippen molar-refractivity contribution in [1.29, 1.82) is 0 Å². The zero-order valence-electron chi connectivity index (χ0n) is 15.4. The zero-order valence-corrected chi connectivity index (χ0v) is 17.9. The average Bonchev–Trinajstić information content (AvgIpc) is 3.28. The topological polar surface area (TPSA) is 45.7 Å². The standard InChI is InChI=1S/C19H21N3O2S2.ClH/c1-21(2)11-12-22(17(23)10-9-14-6-5-13-25-14)19-20-18-15(24-3)7-4-8-16(18)26-19;/h4-10,13H,11-12H2,1-3H3;1H. The zero-order chi connectivity index (χ0) is 18.5. The number of anilines is 1. The first-order chi connectivity index (χ1) is 12.6. The van der Waals surface area contributed by atoms with Crippen LogP contribution in [0, 0.1) is 0 Å². The molecule has 0 saturated heterocycles. The van der Waals surface area contributed by atoms with Gasteiger partial charge in [0, 0.05) is 24.0 Å². The first-order valence-electron chi connectivity index (χ1n) is 8.20. The molecule has 3 aromatic rings. The molecule has 0 unspecified atom stereocenters. The number of nitrogens with zero attached hydrogens (tertiary/aromatic N) is 3. The lowest BCUT2D eigenvalue weighted by Gasteiger charge is -2.20. The maximum Gasteiger partial charge on any atom is 0.252 e. The number of hydrogen-bond donors (Lipinski definition) is 0. The minimum absolute atomic E-state index is 0. The predicted octanol–water partition coefficient (Wildman–Crippen LogP) is 4.40. The Hall–Kier alpha value is -1.93. The molecule has 0 atom stereocenters. The Kier molecular flexibility index (Phi) is 7.79. The van der Waals surface area contributed by atoms with Crippen molar-refractivity contribution in [2.24, 2.45) is 0 Å². The highest BCUT2D eigenvalue weighted by atomic mass is 35.5. The number of hydrogen-bond acceptors (Lipinski definition) is 6. The molecule has 3 rings (SSSR count). The maximum absolute atomic E-state index is 12.8. The van der Waals surface area contributed by atoms with Gasteiger partial charge in [-0.15, -0.1) is 23.7 Å². The Morgan fingerprint density at radius 2 is 2.04 bits per heavy atom. The smallest absolute Gasteiger partial charge is 0.252 e. The van der Waals surface area contributed by atoms with Gasteiger partial charge in [0.15, 0.2) is 5.13 Å². The molecule has 0 fully saturated rings. The van der Waals surface area contributed by atoms with Crippen LogP contribution < -0.4 is 9.64 Å². The largest absolute Gasteiger partial charge is 0.494 e. The molecule has 0 N–H and O–H groups in total. The van der Waals surface area contributed by atoms with Gasteiger partial charge in [-0.25, -0.2) is 4.98 Å². The van der Waals surface area contributed by atoms with Crippen molar-refractivity contribution >= 4 is 62.4 Å². The Morgan fingerprint density at radius 1 is 1.22 bits per heavy atom. The van der Waals surface area contributed by atoms with Crippen LogP contribution in [-0.4, -0.2) is 50.1 Å². The molecular weight excluding hydrogens is 402 g/mol. The van der Waals surface area contributed by atoms with Gasteiger partial charge in [0.25, 0.3) is 5.91 Å². The Bertz CT molecular complexity index is 907. The second kappa shape index (κ2) is 9.85. The third-order valence-corrected chi connectivity index (χ3v) is 5.67. The summed E-state index contributed by atoms with van der Waals surface area (Å²) in [6.07, 6.45) is 3.47. The van der Waals surface area contributed by atoms with Gasteiger partial charge in [-0.3, -0.25) is 9.69 Å². The molecule has 0 saturated carbocycles. The quantitative estimate of drug-likeness (QED) is 0.528. The van der Waals surface area contributed by atoms with Crippen molar-refractivity contribution in [2.75, 3.05) is 39.2 Å². The number of thiophene rings is 1. The summed E-state index contributed by atoms with van der Waals surface area (Å²) < 4.78 is 6.40. The normalized spacial score (nSPS) is 11.1. The highest BCUT2D eigenvalue weighted by molar-refractivity contribution is 7.22. The summed E-state index contributed by atoms with van der Waals surface area (Å²) in [6.45, 7) is 1.33. The molecule has 0 bridgehead atoms. The van der Waals surface area contributed by atoms with Crippen LogP contribution in [0.4, 0.5) is 5.13 Å². The molecule has 5 nitrogen and oxygen atoms in total. The second-order valence-corrected chi connectivity index (χ2v) is 7.93. The van der Waals surface area contributed by atoms with E-state index in [2.05, 4.69) is 9.88 Å². The van der Waals surface area contributed by atoms with Crippen molar-refractivity contribution in [3.63, 3.8) is 0 Å². The maximum atomic E-state index is 12.8. The van der Waals surface area contributed by atoms with Crippen LogP contribution in [0.3, 0.4) is 0 Å². The fourth-order valence-corrected chi connectivity index (χ4v) is 4.05. The van der Waals surface area contributed by atoms with Gasteiger partial charge >= 0.3 is 0 Å². The molecule has 2 heterocycles. The number of likely N-dealkylation sites (N-methyl/N-ethyl adjacent to an activating group) is 1. The van der Waals surface area contributed by atoms with Crippen LogP contribution in [0.2, 0.25) is 0 Å². The van der Waals surface area contributed by atoms with E-state index in [1.165, 1.54) is 11.3 Å². The van der Waals surface area contributed by atoms with E-state index in [-0.39, 0.29) is 18.3 Å². The molecular formula is C19H22ClN3O2S2. The number of carbonyl (C=O) groups excluding carboxylic acids is 1. The van der Waals surface area contributed by atoms with E-state index < -0.39 is 0 Å². The van der Waals surface area contributed by atoms with Crippen LogP contribution in [0.1, 0.15) is 4.88 Å². The van der Waals surface area contributed by atoms with Gasteiger partial charge in [-0.1, -0.05) is 23.5 Å². The van der Waals surface area contributed by atoms with Crippen molar-refractivity contribution < 1.29 is 9.53 Å². The Labute approximate surface area is 173 Å². The molecule has 1 aromatic carbocycles. The second-order valence-electron chi connectivity index (χ2n) is 5.95. The lowest BCUT2D eigenvalue weighted by molar-refractivity contribution is -0.114. The predicted molar refractivity (Wildman–Crippen MR) is 118 cm³/mol. The molecule has 1 amide bonds. The van der Waals surface area contributed by atoms with Crippen LogP contribution in [0.15, 0.2) is 41.8 Å². The Morgan fingerprint density at radius 3 is 2.70 bits per heavy atom. The molecule has 0 aliphatic heterocycles. The third-order valence-electron chi connectivity index (χ3n) is 3.79. The molecule has 0 spiro atoms. The molecule has 2 aromatic heterocycles. The van der Waals surface area contributed by atoms with Crippen LogP contribution in [0.25, 0.3) is 16.3 Å². The van der Waals surface area contributed by atoms with Crippen LogP contribution in [0.5, 0.6) is 5.75 Å². The SMILES string of the molecule is COc1cccc2sc(N(CCN(C)C)C(=O)C=Cc3cccs3)nc12.Cl. The number of benzene rings is 1. The van der Waals surface area contributed by atoms with E-state index >= 15 is 0 Å². The highest BCUT2D eigenvalue weighted by Crippen LogP contribution is 2.34. The lowest BCUT2D eigenvalue weighted by atomic mass is 10.3. The van der Waals surface area contributed by atoms with Gasteiger partial charge in [-0.2, -0.15) is 0 Å². The number of fused-ring (bicyclic) bond motifs is 1. The van der Waals surface area contributed by atoms with Gasteiger partial charge in [-0.05, 0) is 43.8 Å². The molecule has 0 radical (unpaired) electrons. The number of halogens is 1. The fraction of sp³-hybridized carbons (Fsp3) is 0.263. The monoisotopic (exact) mass is 423 g/mol. The van der Waals surface area contributed by atoms with E-state index in [1.807, 2.05) is 55.9 Å². The summed E-state index contributed by atoms with van der Waals surface area (Å²) in [7, 11) is 5.61. The summed E-state index contributed by atoms with van der Waals surface area (Å²) >= 11 is 3.11. The first kappa shape index (κ1) is 21.4. The van der Waals surface area contributed by atoms with Crippen LogP contribution in [-0.2, 0) is 4.79 Å². The number of ether oxygens (including phenoxy) is 1. The fourth-order valence-electron chi connectivity index (χ4n) is 2.42. The minimum atomic E-state index is -0.0710. The number of rotatable bonds is 7. The van der Waals surface area contributed by atoms with E-state index in [9.17, 15) is 4.79 Å². The summed E-state index contributed by atoms with van der Waals surface area (Å²) in [5, 5.41) is 2.68. The first-order valence-corrected chi connectivity index (χ1v) is 9.89. The van der Waals surface area contributed by atoms with Crippen LogP contribution >= 0.6 is 35.1 Å². The molecule has 8 heteroatoms. The number of thiazole rings is 1. The number of aromatic nitrogens is 1. The van der Waals surface area contributed by atoms with Gasteiger partial charge in [0.1, 0.15) is 11.3 Å². The van der Waals surface area contributed by atoms with E-state index in [1.54, 1.807) is 29.4 Å². The van der Waals surface area contributed by atoms with E-state index in [4.69, 9.17) is 4.74 Å². The summed E-state index contributed by atoms with van der Waals surface area (Å²) in [5.41, 5.74) is 0.792. The number of para-hydroxylation sites is 1. The summed E-state index contributed by atoms with van der Waals surface area (Å²) in [4.78, 5) is 22.4. The summed E-state index contributed by atoms with van der Waals surface area (Å²) in [6, 6.07) is 9.77. The third kappa shape index (κ3) is 5.29. The number of methoxy groups -OCH3 is 1. The lowest BCUT2D eigenvalue weighted by Crippen LogP contribution is -2.35. The van der Waals surface area contributed by atoms with Crippen molar-refractivity contribution in [1.82, 2.24) is 9.88 Å². The van der Waals surface area contributed by atoms with Gasteiger partial charge < -0.3 is 9.64 Å². The van der Waals surface area contributed by atoms with Crippen molar-refractivity contribution in [3.8, 4) is 5.75 Å². The van der Waals surface area contributed by atoms with Crippen molar-refractivity contribution in [2.45, 2.75) is 0 Å². The van der Waals surface area contributed by atoms with Gasteiger partial charge in [0.05, 0.1) is 11.8 Å². The summed E-state index contributed by atoms with van der Waals surface area (Å²) in [5.74, 6) is 0.650. The number of carbonyl (C=O) groups is 1. The highest BCUT2D eigenvalue weighted by Gasteiger charge is 2.19. The van der Waals surface area contributed by atoms with E-state index in [0.29, 0.717) is 11.7 Å². The van der Waals surface area contributed by atoms with Gasteiger partial charge in [0.2, 0.25) is 0 Å².